The zero-order chi connectivity index (χ0) is 43.7. The number of allylic oxidation sites excluding steroid dienone is 12. The molecule has 2 atom stereocenters. The lowest BCUT2D eigenvalue weighted by atomic mass is 10.0. The molecule has 3 N–H and O–H groups in total. The molecule has 348 valence electrons. The zero-order valence-corrected chi connectivity index (χ0v) is 39.6. The standard InChI is InChI=1S/C51H92NO7P/c1-3-5-7-9-11-13-15-17-19-20-21-22-23-24-25-26-27-28-29-31-33-35-37-39-41-43-46-56-48-50(49-58-60(54,55)57-47-45-52)59-51(53)44-42-40-38-36-34-32-30-18-16-14-12-10-8-6-4-2/h6,8,12,14-15,17-18,20-21,30,34,36,50H,3-5,7,9-11,13,16,19,22-29,31-33,35,37-49,52H2,1-2H3,(H,54,55)/b8-6-,14-12-,17-15-,21-20-,30-18-,36-34-. The van der Waals surface area contributed by atoms with Crippen molar-refractivity contribution >= 4 is 13.8 Å². The summed E-state index contributed by atoms with van der Waals surface area (Å²) in [6, 6.07) is 0. The van der Waals surface area contributed by atoms with Gasteiger partial charge < -0.3 is 20.1 Å². The number of unbranched alkanes of at least 4 members (excludes halogenated alkanes) is 21. The van der Waals surface area contributed by atoms with Gasteiger partial charge in [0.25, 0.3) is 0 Å². The molecule has 0 aliphatic carbocycles. The Morgan fingerprint density at radius 1 is 0.517 bits per heavy atom. The SMILES string of the molecule is CC/C=C\C/C=C\C/C=C\C/C=C\CCCCC(=O)OC(COCCCCCCCCCCCCCCCC/C=C\C/C=C\CCCCCCC)COP(=O)(O)OCCN. The number of rotatable bonds is 46. The van der Waals surface area contributed by atoms with Crippen LogP contribution in [0, 0.1) is 0 Å². The van der Waals surface area contributed by atoms with Crippen LogP contribution in [0.1, 0.15) is 206 Å². The highest BCUT2D eigenvalue weighted by atomic mass is 31.2. The second-order valence-electron chi connectivity index (χ2n) is 15.9. The molecule has 0 aliphatic heterocycles. The molecule has 0 aromatic rings. The Kier molecular flexibility index (Phi) is 46.3. The van der Waals surface area contributed by atoms with Crippen molar-refractivity contribution in [2.45, 2.75) is 213 Å². The summed E-state index contributed by atoms with van der Waals surface area (Å²) < 4.78 is 33.5. The van der Waals surface area contributed by atoms with E-state index in [0.29, 0.717) is 13.0 Å². The third kappa shape index (κ3) is 47.0. The molecule has 0 fully saturated rings. The number of phosphoric ester groups is 1. The molecule has 0 aliphatic rings. The Balaban J connectivity index is 3.95. The van der Waals surface area contributed by atoms with Crippen LogP contribution in [0.15, 0.2) is 72.9 Å². The van der Waals surface area contributed by atoms with Crippen LogP contribution in [0.2, 0.25) is 0 Å². The molecule has 0 aromatic heterocycles. The van der Waals surface area contributed by atoms with Gasteiger partial charge in [-0.05, 0) is 83.5 Å². The first kappa shape index (κ1) is 57.9. The highest BCUT2D eigenvalue weighted by molar-refractivity contribution is 7.47. The van der Waals surface area contributed by atoms with Crippen LogP contribution >= 0.6 is 7.82 Å². The van der Waals surface area contributed by atoms with Crippen LogP contribution in [0.5, 0.6) is 0 Å². The summed E-state index contributed by atoms with van der Waals surface area (Å²) in [5.74, 6) is -0.371. The first-order valence-corrected chi connectivity index (χ1v) is 25.9. The van der Waals surface area contributed by atoms with Crippen LogP contribution in [-0.2, 0) is 27.9 Å². The fourth-order valence-corrected chi connectivity index (χ4v) is 7.31. The van der Waals surface area contributed by atoms with E-state index < -0.39 is 13.9 Å². The molecule has 0 saturated heterocycles. The maximum absolute atomic E-state index is 12.6. The van der Waals surface area contributed by atoms with E-state index in [4.69, 9.17) is 24.3 Å². The van der Waals surface area contributed by atoms with Crippen molar-refractivity contribution in [3.8, 4) is 0 Å². The predicted molar refractivity (Wildman–Crippen MR) is 256 cm³/mol. The minimum atomic E-state index is -4.29. The van der Waals surface area contributed by atoms with Crippen LogP contribution in [0.4, 0.5) is 0 Å². The van der Waals surface area contributed by atoms with Gasteiger partial charge in [0.2, 0.25) is 0 Å². The molecular weight excluding hydrogens is 770 g/mol. The fourth-order valence-electron chi connectivity index (χ4n) is 6.55. The first-order chi connectivity index (χ1) is 29.4. The van der Waals surface area contributed by atoms with Crippen LogP contribution in [0.25, 0.3) is 0 Å². The van der Waals surface area contributed by atoms with E-state index in [9.17, 15) is 14.3 Å². The van der Waals surface area contributed by atoms with Crippen LogP contribution in [0.3, 0.4) is 0 Å². The summed E-state index contributed by atoms with van der Waals surface area (Å²) in [5.41, 5.74) is 5.38. The maximum atomic E-state index is 12.6. The second kappa shape index (κ2) is 48.0. The average Bonchev–Trinajstić information content (AvgIpc) is 3.24. The van der Waals surface area contributed by atoms with Gasteiger partial charge in [-0.1, -0.05) is 189 Å². The molecule has 0 amide bonds. The normalized spacial score (nSPS) is 14.0. The Morgan fingerprint density at radius 2 is 0.933 bits per heavy atom. The summed E-state index contributed by atoms with van der Waals surface area (Å²) in [5, 5.41) is 0. The highest BCUT2D eigenvalue weighted by Crippen LogP contribution is 2.43. The largest absolute Gasteiger partial charge is 0.472 e. The molecule has 2 unspecified atom stereocenters. The summed E-state index contributed by atoms with van der Waals surface area (Å²) in [6.07, 6.45) is 60.9. The average molecular weight is 862 g/mol. The monoisotopic (exact) mass is 862 g/mol. The summed E-state index contributed by atoms with van der Waals surface area (Å²) in [6.45, 7) is 4.74. The van der Waals surface area contributed by atoms with Crippen molar-refractivity contribution in [3.05, 3.63) is 72.9 Å². The lowest BCUT2D eigenvalue weighted by molar-refractivity contribution is -0.154. The van der Waals surface area contributed by atoms with E-state index in [1.807, 2.05) is 0 Å². The van der Waals surface area contributed by atoms with Crippen LogP contribution in [-0.4, -0.2) is 49.9 Å². The number of ether oxygens (including phenoxy) is 2. The third-order valence-corrected chi connectivity index (χ3v) is 11.1. The smallest absolute Gasteiger partial charge is 0.457 e. The molecule has 9 heteroatoms. The van der Waals surface area contributed by atoms with E-state index in [2.05, 4.69) is 86.8 Å². The molecule has 0 heterocycles. The molecular formula is C51H92NO7P. The Morgan fingerprint density at radius 3 is 1.40 bits per heavy atom. The van der Waals surface area contributed by atoms with E-state index >= 15 is 0 Å². The topological polar surface area (TPSA) is 117 Å². The lowest BCUT2D eigenvalue weighted by Gasteiger charge is -2.20. The van der Waals surface area contributed by atoms with E-state index in [0.717, 1.165) is 57.8 Å². The summed E-state index contributed by atoms with van der Waals surface area (Å²) in [4.78, 5) is 22.5. The van der Waals surface area contributed by atoms with Gasteiger partial charge >= 0.3 is 13.8 Å². The quantitative estimate of drug-likeness (QED) is 0.0269. The van der Waals surface area contributed by atoms with Crippen molar-refractivity contribution < 1.29 is 32.8 Å². The lowest BCUT2D eigenvalue weighted by Crippen LogP contribution is -2.28. The number of phosphoric acid groups is 1. The number of hydrogen-bond donors (Lipinski definition) is 2. The van der Waals surface area contributed by atoms with E-state index in [1.165, 1.54) is 122 Å². The minimum absolute atomic E-state index is 0.0907. The van der Waals surface area contributed by atoms with Gasteiger partial charge in [0, 0.05) is 19.6 Å². The molecule has 60 heavy (non-hydrogen) atoms. The van der Waals surface area contributed by atoms with E-state index in [1.54, 1.807) is 0 Å². The highest BCUT2D eigenvalue weighted by Gasteiger charge is 2.25. The van der Waals surface area contributed by atoms with Crippen molar-refractivity contribution in [1.29, 1.82) is 0 Å². The van der Waals surface area contributed by atoms with Gasteiger partial charge in [-0.2, -0.15) is 0 Å². The molecule has 0 rings (SSSR count). The maximum Gasteiger partial charge on any atom is 0.472 e. The fraction of sp³-hybridized carbons (Fsp3) is 0.745. The molecule has 0 spiro atoms. The third-order valence-electron chi connectivity index (χ3n) is 10.1. The Hall–Kier alpha value is -2.06. The van der Waals surface area contributed by atoms with Gasteiger partial charge in [0.05, 0.1) is 19.8 Å². The predicted octanol–water partition coefficient (Wildman–Crippen LogP) is 15.1. The van der Waals surface area contributed by atoms with Gasteiger partial charge in [-0.15, -0.1) is 0 Å². The van der Waals surface area contributed by atoms with Crippen molar-refractivity contribution in [2.24, 2.45) is 5.73 Å². The van der Waals surface area contributed by atoms with Gasteiger partial charge in [-0.25, -0.2) is 4.57 Å². The summed E-state index contributed by atoms with van der Waals surface area (Å²) in [7, 11) is -4.29. The molecule has 8 nitrogen and oxygen atoms in total. The van der Waals surface area contributed by atoms with Gasteiger partial charge in [0.15, 0.2) is 0 Å². The van der Waals surface area contributed by atoms with E-state index in [-0.39, 0.29) is 38.8 Å². The molecule has 0 bridgehead atoms. The number of nitrogens with two attached hydrogens (primary N) is 1. The van der Waals surface area contributed by atoms with Crippen molar-refractivity contribution in [3.63, 3.8) is 0 Å². The zero-order valence-electron chi connectivity index (χ0n) is 38.7. The van der Waals surface area contributed by atoms with Crippen molar-refractivity contribution in [1.82, 2.24) is 0 Å². The number of carbonyl (C=O) groups is 1. The molecule has 0 radical (unpaired) electrons. The summed E-state index contributed by atoms with van der Waals surface area (Å²) >= 11 is 0. The van der Waals surface area contributed by atoms with Gasteiger partial charge in [-0.3, -0.25) is 13.8 Å². The first-order valence-electron chi connectivity index (χ1n) is 24.4. The van der Waals surface area contributed by atoms with Gasteiger partial charge in [0.1, 0.15) is 6.10 Å². The number of hydrogen-bond acceptors (Lipinski definition) is 7. The van der Waals surface area contributed by atoms with Crippen LogP contribution < -0.4 is 5.73 Å². The Bertz CT molecular complexity index is 1150. The number of carbonyl (C=O) groups excluding carboxylic acids is 1. The molecule has 0 aromatic carbocycles. The minimum Gasteiger partial charge on any atom is -0.457 e. The number of esters is 1. The second-order valence-corrected chi connectivity index (χ2v) is 17.4. The van der Waals surface area contributed by atoms with Crippen molar-refractivity contribution in [2.75, 3.05) is 33.0 Å². The Labute approximate surface area is 369 Å². The molecule has 0 saturated carbocycles.